The van der Waals surface area contributed by atoms with Gasteiger partial charge in [0.05, 0.1) is 11.5 Å². The van der Waals surface area contributed by atoms with Crippen LogP contribution < -0.4 is 0 Å². The van der Waals surface area contributed by atoms with Gasteiger partial charge in [-0.1, -0.05) is 29.4 Å². The van der Waals surface area contributed by atoms with E-state index in [1.165, 1.54) is 17.8 Å². The van der Waals surface area contributed by atoms with Crippen LogP contribution in [0.15, 0.2) is 27.8 Å². The first kappa shape index (κ1) is 16.7. The molecule has 1 fully saturated rings. The molecular formula is C14H14ClFN2O3S2. The maximum atomic E-state index is 13.7. The third-order valence-corrected chi connectivity index (χ3v) is 6.68. The van der Waals surface area contributed by atoms with Crippen molar-refractivity contribution in [1.82, 2.24) is 10.2 Å². The summed E-state index contributed by atoms with van der Waals surface area (Å²) in [4.78, 5) is 0. The predicted octanol–water partition coefficient (Wildman–Crippen LogP) is 3.13. The molecule has 0 saturated carbocycles. The standard InChI is InChI=1S/C14H14ClFN2O3S2/c15-11-2-1-3-12(16)10(11)7-22-14-18-17-13(21-14)6-9-4-5-23(19,20)8-9/h1-3,9H,4-8H2. The molecule has 0 radical (unpaired) electrons. The Morgan fingerprint density at radius 1 is 1.39 bits per heavy atom. The Labute approximate surface area is 142 Å². The smallest absolute Gasteiger partial charge is 0.276 e. The molecule has 5 nitrogen and oxygen atoms in total. The van der Waals surface area contributed by atoms with Gasteiger partial charge in [0.25, 0.3) is 5.22 Å². The minimum Gasteiger partial charge on any atom is -0.416 e. The zero-order valence-corrected chi connectivity index (χ0v) is 14.4. The number of hydrogen-bond donors (Lipinski definition) is 0. The van der Waals surface area contributed by atoms with Gasteiger partial charge in [-0.3, -0.25) is 0 Å². The third-order valence-electron chi connectivity index (χ3n) is 3.64. The molecule has 124 valence electrons. The van der Waals surface area contributed by atoms with Gasteiger partial charge < -0.3 is 4.42 Å². The minimum atomic E-state index is -2.92. The fourth-order valence-electron chi connectivity index (χ4n) is 2.46. The van der Waals surface area contributed by atoms with Crippen molar-refractivity contribution in [3.05, 3.63) is 40.5 Å². The van der Waals surface area contributed by atoms with Crippen LogP contribution in [0.5, 0.6) is 0 Å². The average Bonchev–Trinajstić information content (AvgIpc) is 3.05. The van der Waals surface area contributed by atoms with Gasteiger partial charge in [-0.05, 0) is 24.5 Å². The van der Waals surface area contributed by atoms with Crippen LogP contribution in [0, 0.1) is 11.7 Å². The van der Waals surface area contributed by atoms with Crippen LogP contribution in [0.4, 0.5) is 4.39 Å². The number of sulfone groups is 1. The second kappa shape index (κ2) is 6.78. The molecule has 1 aromatic carbocycles. The zero-order chi connectivity index (χ0) is 16.4. The number of rotatable bonds is 5. The Bertz CT molecular complexity index is 790. The summed E-state index contributed by atoms with van der Waals surface area (Å²) >= 11 is 7.16. The highest BCUT2D eigenvalue weighted by Crippen LogP contribution is 2.29. The first-order valence-corrected chi connectivity index (χ1v) is 10.2. The van der Waals surface area contributed by atoms with Crippen molar-refractivity contribution in [1.29, 1.82) is 0 Å². The molecule has 0 bridgehead atoms. The summed E-state index contributed by atoms with van der Waals surface area (Å²) < 4.78 is 42.1. The van der Waals surface area contributed by atoms with Crippen LogP contribution in [0.3, 0.4) is 0 Å². The lowest BCUT2D eigenvalue weighted by Crippen LogP contribution is -2.07. The van der Waals surface area contributed by atoms with E-state index in [-0.39, 0.29) is 29.0 Å². The van der Waals surface area contributed by atoms with Gasteiger partial charge in [-0.25, -0.2) is 12.8 Å². The maximum Gasteiger partial charge on any atom is 0.276 e. The Balaban J connectivity index is 1.60. The topological polar surface area (TPSA) is 73.1 Å². The fourth-order valence-corrected chi connectivity index (χ4v) is 5.45. The van der Waals surface area contributed by atoms with E-state index >= 15 is 0 Å². The number of thioether (sulfide) groups is 1. The summed E-state index contributed by atoms with van der Waals surface area (Å²) in [6, 6.07) is 4.52. The third kappa shape index (κ3) is 4.24. The number of halogens is 2. The highest BCUT2D eigenvalue weighted by molar-refractivity contribution is 7.98. The normalized spacial score (nSPS) is 20.0. The van der Waals surface area contributed by atoms with Gasteiger partial charge in [0.15, 0.2) is 9.84 Å². The molecule has 1 aliphatic heterocycles. The molecule has 2 aromatic rings. The summed E-state index contributed by atoms with van der Waals surface area (Å²) in [6.07, 6.45) is 1.07. The van der Waals surface area contributed by atoms with Gasteiger partial charge in [-0.15, -0.1) is 10.2 Å². The maximum absolute atomic E-state index is 13.7. The SMILES string of the molecule is O=S1(=O)CCC(Cc2nnc(SCc3c(F)cccc3Cl)o2)C1. The van der Waals surface area contributed by atoms with E-state index < -0.39 is 9.84 Å². The molecule has 1 aromatic heterocycles. The van der Waals surface area contributed by atoms with Crippen molar-refractivity contribution in [3.63, 3.8) is 0 Å². The molecule has 9 heteroatoms. The minimum absolute atomic E-state index is 0.0271. The van der Waals surface area contributed by atoms with Gasteiger partial charge in [-0.2, -0.15) is 0 Å². The van der Waals surface area contributed by atoms with Crippen LogP contribution in [0.2, 0.25) is 5.02 Å². The van der Waals surface area contributed by atoms with E-state index in [0.29, 0.717) is 34.5 Å². The molecule has 23 heavy (non-hydrogen) atoms. The first-order chi connectivity index (χ1) is 10.9. The lowest BCUT2D eigenvalue weighted by molar-refractivity contribution is 0.389. The quantitative estimate of drug-likeness (QED) is 0.746. The van der Waals surface area contributed by atoms with Crippen molar-refractivity contribution in [2.24, 2.45) is 5.92 Å². The lowest BCUT2D eigenvalue weighted by Gasteiger charge is -2.03. The monoisotopic (exact) mass is 376 g/mol. The largest absolute Gasteiger partial charge is 0.416 e. The summed E-state index contributed by atoms with van der Waals surface area (Å²) in [5, 5.41) is 8.50. The van der Waals surface area contributed by atoms with E-state index in [9.17, 15) is 12.8 Å². The lowest BCUT2D eigenvalue weighted by atomic mass is 10.1. The van der Waals surface area contributed by atoms with Crippen molar-refractivity contribution in [3.8, 4) is 0 Å². The van der Waals surface area contributed by atoms with E-state index in [1.807, 2.05) is 0 Å². The molecule has 1 saturated heterocycles. The van der Waals surface area contributed by atoms with Gasteiger partial charge in [0, 0.05) is 22.8 Å². The average molecular weight is 377 g/mol. The summed E-state index contributed by atoms with van der Waals surface area (Å²) in [5.41, 5.74) is 0.390. The summed E-state index contributed by atoms with van der Waals surface area (Å²) in [5.74, 6) is 0.738. The van der Waals surface area contributed by atoms with Crippen LogP contribution in [-0.4, -0.2) is 30.1 Å². The Hall–Kier alpha value is -1.12. The predicted molar refractivity (Wildman–Crippen MR) is 85.7 cm³/mol. The van der Waals surface area contributed by atoms with Crippen LogP contribution in [-0.2, 0) is 22.0 Å². The molecule has 1 aliphatic rings. The van der Waals surface area contributed by atoms with Crippen molar-refractivity contribution in [2.45, 2.75) is 23.8 Å². The van der Waals surface area contributed by atoms with Crippen LogP contribution >= 0.6 is 23.4 Å². The Kier molecular flexibility index (Phi) is 4.93. The van der Waals surface area contributed by atoms with Gasteiger partial charge in [0.2, 0.25) is 5.89 Å². The molecule has 0 N–H and O–H groups in total. The second-order valence-corrected chi connectivity index (χ2v) is 8.99. The summed E-state index contributed by atoms with van der Waals surface area (Å²) in [7, 11) is -2.92. The van der Waals surface area contributed by atoms with E-state index in [2.05, 4.69) is 10.2 Å². The Morgan fingerprint density at radius 3 is 2.91 bits per heavy atom. The number of nitrogens with zero attached hydrogens (tertiary/aromatic N) is 2. The van der Waals surface area contributed by atoms with Crippen molar-refractivity contribution in [2.75, 3.05) is 11.5 Å². The van der Waals surface area contributed by atoms with E-state index in [4.69, 9.17) is 16.0 Å². The molecule has 1 unspecified atom stereocenters. The van der Waals surface area contributed by atoms with E-state index in [0.717, 1.165) is 0 Å². The molecule has 2 heterocycles. The van der Waals surface area contributed by atoms with E-state index in [1.54, 1.807) is 12.1 Å². The number of hydrogen-bond acceptors (Lipinski definition) is 6. The number of aromatic nitrogens is 2. The highest BCUT2D eigenvalue weighted by Gasteiger charge is 2.29. The van der Waals surface area contributed by atoms with Gasteiger partial charge in [0.1, 0.15) is 5.82 Å². The number of benzene rings is 1. The molecule has 1 atom stereocenters. The molecule has 3 rings (SSSR count). The molecular weight excluding hydrogens is 363 g/mol. The second-order valence-electron chi connectivity index (χ2n) is 5.42. The van der Waals surface area contributed by atoms with Crippen molar-refractivity contribution < 1.29 is 17.2 Å². The van der Waals surface area contributed by atoms with Gasteiger partial charge >= 0.3 is 0 Å². The summed E-state index contributed by atoms with van der Waals surface area (Å²) in [6.45, 7) is 0. The Morgan fingerprint density at radius 2 is 2.22 bits per heavy atom. The van der Waals surface area contributed by atoms with Crippen molar-refractivity contribution >= 4 is 33.2 Å². The molecule has 0 spiro atoms. The fraction of sp³-hybridized carbons (Fsp3) is 0.429. The van der Waals surface area contributed by atoms with Crippen LogP contribution in [0.1, 0.15) is 17.9 Å². The molecule has 0 amide bonds. The highest BCUT2D eigenvalue weighted by atomic mass is 35.5. The van der Waals surface area contributed by atoms with Crippen LogP contribution in [0.25, 0.3) is 0 Å². The first-order valence-electron chi connectivity index (χ1n) is 7.01. The molecule has 0 aliphatic carbocycles. The zero-order valence-electron chi connectivity index (χ0n) is 12.0.